The van der Waals surface area contributed by atoms with Crippen LogP contribution in [0.4, 0.5) is 5.69 Å². The molecule has 0 atom stereocenters. The molecule has 0 spiro atoms. The average molecular weight is 467 g/mol. The molecule has 3 aromatic rings. The van der Waals surface area contributed by atoms with Crippen molar-refractivity contribution in [2.24, 2.45) is 0 Å². The van der Waals surface area contributed by atoms with E-state index in [2.05, 4.69) is 5.32 Å². The van der Waals surface area contributed by atoms with Gasteiger partial charge in [0.2, 0.25) is 0 Å². The molecule has 8 heteroatoms. The smallest absolute Gasteiger partial charge is 0.338 e. The molecule has 0 radical (unpaired) electrons. The second-order valence-electron chi connectivity index (χ2n) is 5.81. The molecule has 0 saturated carbocycles. The molecule has 0 unspecified atom stereocenters. The summed E-state index contributed by atoms with van der Waals surface area (Å²) in [5.41, 5.74) is 0.828. The lowest BCUT2D eigenvalue weighted by atomic mass is 10.2. The number of hydrogen-bond acceptors (Lipinski definition) is 4. The predicted molar refractivity (Wildman–Crippen MR) is 117 cm³/mol. The van der Waals surface area contributed by atoms with Gasteiger partial charge in [-0.05, 0) is 54.6 Å². The maximum absolute atomic E-state index is 12.3. The Bertz CT molecular complexity index is 1040. The molecule has 29 heavy (non-hydrogen) atoms. The molecule has 0 aliphatic carbocycles. The molecule has 1 amide bonds. The monoisotopic (exact) mass is 465 g/mol. The lowest BCUT2D eigenvalue weighted by Gasteiger charge is -2.11. The van der Waals surface area contributed by atoms with Gasteiger partial charge in [0, 0.05) is 14.8 Å². The van der Waals surface area contributed by atoms with Crippen molar-refractivity contribution in [3.8, 4) is 0 Å². The van der Waals surface area contributed by atoms with E-state index in [1.165, 1.54) is 30.0 Å². The Morgan fingerprint density at radius 1 is 0.897 bits per heavy atom. The minimum Gasteiger partial charge on any atom is -0.452 e. The number of para-hydroxylation sites is 1. The number of nitrogens with one attached hydrogen (secondary N) is 1. The summed E-state index contributed by atoms with van der Waals surface area (Å²) in [7, 11) is 0. The topological polar surface area (TPSA) is 55.4 Å². The summed E-state index contributed by atoms with van der Waals surface area (Å²) in [6, 6.07) is 19.1. The zero-order valence-corrected chi connectivity index (χ0v) is 17.9. The first kappa shape index (κ1) is 21.5. The molecule has 0 bridgehead atoms. The van der Waals surface area contributed by atoms with E-state index in [0.29, 0.717) is 15.7 Å². The third-order valence-corrected chi connectivity index (χ3v) is 5.77. The van der Waals surface area contributed by atoms with Crippen molar-refractivity contribution in [3.63, 3.8) is 0 Å². The zero-order chi connectivity index (χ0) is 20.8. The molecule has 148 valence electrons. The highest BCUT2D eigenvalue weighted by Crippen LogP contribution is 2.33. The first-order valence-corrected chi connectivity index (χ1v) is 10.3. The number of rotatable bonds is 6. The third kappa shape index (κ3) is 6.15. The Morgan fingerprint density at radius 3 is 2.34 bits per heavy atom. The van der Waals surface area contributed by atoms with Gasteiger partial charge in [-0.15, -0.1) is 0 Å². The fourth-order valence-electron chi connectivity index (χ4n) is 2.31. The van der Waals surface area contributed by atoms with Gasteiger partial charge in [0.05, 0.1) is 21.3 Å². The molecule has 0 fully saturated rings. The second kappa shape index (κ2) is 10.0. The summed E-state index contributed by atoms with van der Waals surface area (Å²) in [4.78, 5) is 26.2. The van der Waals surface area contributed by atoms with Gasteiger partial charge < -0.3 is 10.1 Å². The summed E-state index contributed by atoms with van der Waals surface area (Å²) in [5, 5.41) is 3.98. The van der Waals surface area contributed by atoms with E-state index in [-0.39, 0.29) is 10.6 Å². The largest absolute Gasteiger partial charge is 0.452 e. The standard InChI is InChI=1S/C21H14Cl3NO3S/c22-14-6-8-15(9-7-14)29-19-4-2-1-3-18(19)25-20(26)12-28-21(27)13-5-10-16(23)17(24)11-13/h1-11H,12H2,(H,25,26). The number of hydrogen-bond donors (Lipinski definition) is 1. The van der Waals surface area contributed by atoms with Crippen molar-refractivity contribution in [3.05, 3.63) is 87.4 Å². The molecule has 1 N–H and O–H groups in total. The molecule has 3 aromatic carbocycles. The fourth-order valence-corrected chi connectivity index (χ4v) is 3.64. The number of esters is 1. The van der Waals surface area contributed by atoms with E-state index in [0.717, 1.165) is 9.79 Å². The van der Waals surface area contributed by atoms with Gasteiger partial charge in [0.1, 0.15) is 0 Å². The van der Waals surface area contributed by atoms with Gasteiger partial charge >= 0.3 is 5.97 Å². The lowest BCUT2D eigenvalue weighted by molar-refractivity contribution is -0.119. The summed E-state index contributed by atoms with van der Waals surface area (Å²) in [5.74, 6) is -1.12. The van der Waals surface area contributed by atoms with Crippen molar-refractivity contribution in [2.75, 3.05) is 11.9 Å². The molecule has 0 heterocycles. The first-order valence-electron chi connectivity index (χ1n) is 8.37. The normalized spacial score (nSPS) is 10.4. The first-order chi connectivity index (χ1) is 13.9. The quantitative estimate of drug-likeness (QED) is 0.416. The lowest BCUT2D eigenvalue weighted by Crippen LogP contribution is -2.21. The van der Waals surface area contributed by atoms with Crippen LogP contribution in [-0.2, 0) is 9.53 Å². The Labute approximate surface area is 187 Å². The number of halogens is 3. The van der Waals surface area contributed by atoms with Gasteiger partial charge in [-0.2, -0.15) is 0 Å². The van der Waals surface area contributed by atoms with Crippen molar-refractivity contribution >= 4 is 64.1 Å². The van der Waals surface area contributed by atoms with Crippen molar-refractivity contribution in [1.82, 2.24) is 0 Å². The van der Waals surface area contributed by atoms with Crippen LogP contribution in [-0.4, -0.2) is 18.5 Å². The molecule has 0 saturated heterocycles. The van der Waals surface area contributed by atoms with E-state index in [1.807, 2.05) is 30.3 Å². The van der Waals surface area contributed by atoms with Crippen molar-refractivity contribution in [2.45, 2.75) is 9.79 Å². The van der Waals surface area contributed by atoms with E-state index in [1.54, 1.807) is 18.2 Å². The van der Waals surface area contributed by atoms with Crippen LogP contribution in [0.2, 0.25) is 15.1 Å². The summed E-state index contributed by atoms with van der Waals surface area (Å²) in [6.45, 7) is -0.432. The summed E-state index contributed by atoms with van der Waals surface area (Å²) >= 11 is 19.1. The van der Waals surface area contributed by atoms with Crippen LogP contribution in [0.5, 0.6) is 0 Å². The van der Waals surface area contributed by atoms with Gasteiger partial charge in [-0.25, -0.2) is 4.79 Å². The molecular formula is C21H14Cl3NO3S. The molecule has 0 aliphatic heterocycles. The molecule has 4 nitrogen and oxygen atoms in total. The Balaban J connectivity index is 1.61. The molecular weight excluding hydrogens is 453 g/mol. The number of amides is 1. The van der Waals surface area contributed by atoms with E-state index < -0.39 is 18.5 Å². The number of ether oxygens (including phenoxy) is 1. The average Bonchev–Trinajstić information content (AvgIpc) is 2.71. The third-order valence-electron chi connectivity index (χ3n) is 3.69. The zero-order valence-electron chi connectivity index (χ0n) is 14.8. The van der Waals surface area contributed by atoms with Gasteiger partial charge in [0.15, 0.2) is 6.61 Å². The SMILES string of the molecule is O=C(COC(=O)c1ccc(Cl)c(Cl)c1)Nc1ccccc1Sc1ccc(Cl)cc1. The van der Waals surface area contributed by atoms with Crippen LogP contribution < -0.4 is 5.32 Å². The maximum Gasteiger partial charge on any atom is 0.338 e. The minimum atomic E-state index is -0.664. The minimum absolute atomic E-state index is 0.214. The highest BCUT2D eigenvalue weighted by atomic mass is 35.5. The highest BCUT2D eigenvalue weighted by Gasteiger charge is 2.13. The second-order valence-corrected chi connectivity index (χ2v) is 8.17. The summed E-state index contributed by atoms with van der Waals surface area (Å²) in [6.07, 6.45) is 0. The van der Waals surface area contributed by atoms with E-state index >= 15 is 0 Å². The van der Waals surface area contributed by atoms with Crippen LogP contribution >= 0.6 is 46.6 Å². The van der Waals surface area contributed by atoms with Gasteiger partial charge in [-0.3, -0.25) is 4.79 Å². The Kier molecular flexibility index (Phi) is 7.45. The number of carbonyl (C=O) groups excluding carboxylic acids is 2. The number of benzene rings is 3. The molecule has 3 rings (SSSR count). The number of anilines is 1. The van der Waals surface area contributed by atoms with Crippen LogP contribution in [0.1, 0.15) is 10.4 Å². The molecule has 0 aromatic heterocycles. The van der Waals surface area contributed by atoms with Gasteiger partial charge in [0.25, 0.3) is 5.91 Å². The van der Waals surface area contributed by atoms with Crippen LogP contribution in [0.25, 0.3) is 0 Å². The Hall–Kier alpha value is -2.18. The van der Waals surface area contributed by atoms with Crippen molar-refractivity contribution in [1.29, 1.82) is 0 Å². The Morgan fingerprint density at radius 2 is 1.62 bits per heavy atom. The summed E-state index contributed by atoms with van der Waals surface area (Å²) < 4.78 is 5.05. The van der Waals surface area contributed by atoms with Gasteiger partial charge in [-0.1, -0.05) is 58.7 Å². The van der Waals surface area contributed by atoms with Crippen LogP contribution in [0.3, 0.4) is 0 Å². The van der Waals surface area contributed by atoms with Crippen LogP contribution in [0, 0.1) is 0 Å². The predicted octanol–water partition coefficient (Wildman–Crippen LogP) is 6.59. The van der Waals surface area contributed by atoms with Crippen LogP contribution in [0.15, 0.2) is 76.5 Å². The van der Waals surface area contributed by atoms with Crippen molar-refractivity contribution < 1.29 is 14.3 Å². The maximum atomic E-state index is 12.3. The fraction of sp³-hybridized carbons (Fsp3) is 0.0476. The number of carbonyl (C=O) groups is 2. The van der Waals surface area contributed by atoms with E-state index in [4.69, 9.17) is 39.5 Å². The van der Waals surface area contributed by atoms with E-state index in [9.17, 15) is 9.59 Å². The molecule has 0 aliphatic rings. The highest BCUT2D eigenvalue weighted by molar-refractivity contribution is 7.99.